The average Bonchev–Trinajstić information content (AvgIpc) is 3.15. The minimum Gasteiger partial charge on any atom is -0.493 e. The first-order valence-electron chi connectivity index (χ1n) is 13.0. The Morgan fingerprint density at radius 3 is 2.80 bits per heavy atom. The summed E-state index contributed by atoms with van der Waals surface area (Å²) >= 11 is 0. The lowest BCUT2D eigenvalue weighted by molar-refractivity contribution is -0.230. The molecule has 1 unspecified atom stereocenters. The molecule has 184 valence electrons. The van der Waals surface area contributed by atoms with Gasteiger partial charge in [0.25, 0.3) is 0 Å². The molecule has 5 nitrogen and oxygen atoms in total. The number of likely N-dealkylation sites (tertiary alicyclic amines) is 1. The number of piperidine rings is 1. The molecule has 4 aliphatic rings. The van der Waals surface area contributed by atoms with E-state index >= 15 is 0 Å². The van der Waals surface area contributed by atoms with Gasteiger partial charge in [0.15, 0.2) is 22.9 Å². The number of hydrogen-bond donors (Lipinski definition) is 0. The fourth-order valence-corrected chi connectivity index (χ4v) is 7.84. The molecular formula is C30H35NO4. The summed E-state index contributed by atoms with van der Waals surface area (Å²) < 4.78 is 19.6. The average molecular weight is 474 g/mol. The summed E-state index contributed by atoms with van der Waals surface area (Å²) in [6.07, 6.45) is 6.83. The Kier molecular flexibility index (Phi) is 5.35. The SMILES string of the molecule is C=CCN1CC[C@]23c4c5ccc(OC)c4OC2(C)C(=O)CC[C@@]3(OCCCc2ccccc2)[C@H]1C5. The first-order chi connectivity index (χ1) is 17.0. The highest BCUT2D eigenvalue weighted by atomic mass is 16.5. The summed E-state index contributed by atoms with van der Waals surface area (Å²) in [5, 5.41) is 0. The predicted octanol–water partition coefficient (Wildman–Crippen LogP) is 4.65. The first-order valence-corrected chi connectivity index (χ1v) is 13.0. The van der Waals surface area contributed by atoms with Crippen LogP contribution in [0, 0.1) is 0 Å². The predicted molar refractivity (Wildman–Crippen MR) is 135 cm³/mol. The number of benzene rings is 2. The van der Waals surface area contributed by atoms with Crippen LogP contribution < -0.4 is 9.47 Å². The second-order valence-electron chi connectivity index (χ2n) is 10.7. The molecule has 0 N–H and O–H groups in total. The van der Waals surface area contributed by atoms with Crippen molar-refractivity contribution < 1.29 is 19.0 Å². The number of carbonyl (C=O) groups is 1. The van der Waals surface area contributed by atoms with E-state index in [0.717, 1.165) is 50.9 Å². The number of rotatable bonds is 8. The molecule has 1 saturated heterocycles. The number of nitrogens with zero attached hydrogens (tertiary/aromatic N) is 1. The number of Topliss-reactive ketones (excluding diaryl/α,β-unsaturated/α-hetero) is 1. The molecule has 0 aromatic heterocycles. The number of hydrogen-bond acceptors (Lipinski definition) is 5. The van der Waals surface area contributed by atoms with Gasteiger partial charge in [-0.15, -0.1) is 6.58 Å². The van der Waals surface area contributed by atoms with Crippen molar-refractivity contribution in [1.29, 1.82) is 0 Å². The highest BCUT2D eigenvalue weighted by molar-refractivity contribution is 5.94. The summed E-state index contributed by atoms with van der Waals surface area (Å²) in [4.78, 5) is 16.2. The van der Waals surface area contributed by atoms with Crippen molar-refractivity contribution in [2.24, 2.45) is 0 Å². The number of ether oxygens (including phenoxy) is 3. The third-order valence-electron chi connectivity index (χ3n) is 9.30. The van der Waals surface area contributed by atoms with E-state index in [1.54, 1.807) is 7.11 Å². The summed E-state index contributed by atoms with van der Waals surface area (Å²) in [5.41, 5.74) is 1.82. The van der Waals surface area contributed by atoms with Crippen molar-refractivity contribution in [2.45, 2.75) is 68.1 Å². The Balaban J connectivity index is 1.45. The molecule has 6 rings (SSSR count). The van der Waals surface area contributed by atoms with Crippen LogP contribution >= 0.6 is 0 Å². The van der Waals surface area contributed by atoms with Gasteiger partial charge in [0.05, 0.1) is 18.1 Å². The number of carbonyl (C=O) groups excluding carboxylic acids is 1. The maximum atomic E-state index is 13.7. The van der Waals surface area contributed by atoms with Gasteiger partial charge in [0, 0.05) is 37.7 Å². The molecule has 0 amide bonds. The van der Waals surface area contributed by atoms with Gasteiger partial charge in [-0.2, -0.15) is 0 Å². The topological polar surface area (TPSA) is 48.0 Å². The van der Waals surface area contributed by atoms with Gasteiger partial charge in [0.2, 0.25) is 0 Å². The summed E-state index contributed by atoms with van der Waals surface area (Å²) in [6, 6.07) is 14.9. The fraction of sp³-hybridized carbons (Fsp3) is 0.500. The molecule has 35 heavy (non-hydrogen) atoms. The van der Waals surface area contributed by atoms with E-state index in [2.05, 4.69) is 47.9 Å². The van der Waals surface area contributed by atoms with Gasteiger partial charge >= 0.3 is 0 Å². The zero-order valence-electron chi connectivity index (χ0n) is 20.8. The van der Waals surface area contributed by atoms with Gasteiger partial charge < -0.3 is 14.2 Å². The minimum absolute atomic E-state index is 0.175. The van der Waals surface area contributed by atoms with Crippen LogP contribution in [-0.2, 0) is 27.8 Å². The van der Waals surface area contributed by atoms with Crippen LogP contribution in [0.2, 0.25) is 0 Å². The van der Waals surface area contributed by atoms with Crippen molar-refractivity contribution in [3.8, 4) is 11.5 Å². The maximum Gasteiger partial charge on any atom is 0.177 e. The van der Waals surface area contributed by atoms with Crippen LogP contribution in [0.15, 0.2) is 55.1 Å². The molecule has 1 saturated carbocycles. The van der Waals surface area contributed by atoms with Crippen molar-refractivity contribution in [1.82, 2.24) is 4.90 Å². The lowest BCUT2D eigenvalue weighted by Gasteiger charge is -2.66. The maximum absolute atomic E-state index is 13.7. The minimum atomic E-state index is -0.949. The highest BCUT2D eigenvalue weighted by Gasteiger charge is 2.78. The van der Waals surface area contributed by atoms with Gasteiger partial charge in [-0.25, -0.2) is 0 Å². The Morgan fingerprint density at radius 2 is 2.03 bits per heavy atom. The second kappa shape index (κ2) is 8.21. The molecular weight excluding hydrogens is 438 g/mol. The van der Waals surface area contributed by atoms with E-state index in [-0.39, 0.29) is 11.8 Å². The molecule has 2 aliphatic carbocycles. The van der Waals surface area contributed by atoms with Crippen molar-refractivity contribution in [2.75, 3.05) is 26.8 Å². The van der Waals surface area contributed by atoms with E-state index in [0.29, 0.717) is 18.8 Å². The molecule has 1 spiro atoms. The van der Waals surface area contributed by atoms with Crippen LogP contribution in [-0.4, -0.2) is 54.7 Å². The fourth-order valence-electron chi connectivity index (χ4n) is 7.84. The normalized spacial score (nSPS) is 32.6. The quantitative estimate of drug-likeness (QED) is 0.413. The molecule has 5 heteroatoms. The number of aryl methyl sites for hydroxylation is 1. The van der Waals surface area contributed by atoms with E-state index in [1.807, 2.05) is 19.1 Å². The Morgan fingerprint density at radius 1 is 1.20 bits per heavy atom. The Hall–Kier alpha value is -2.63. The summed E-state index contributed by atoms with van der Waals surface area (Å²) in [7, 11) is 1.68. The van der Waals surface area contributed by atoms with E-state index in [4.69, 9.17) is 14.2 Å². The van der Waals surface area contributed by atoms with Crippen molar-refractivity contribution >= 4 is 5.78 Å². The Labute approximate surface area is 208 Å². The zero-order chi connectivity index (χ0) is 24.3. The third kappa shape index (κ3) is 2.91. The first kappa shape index (κ1) is 22.8. The van der Waals surface area contributed by atoms with E-state index < -0.39 is 16.6 Å². The molecule has 0 radical (unpaired) electrons. The van der Waals surface area contributed by atoms with Crippen LogP contribution in [0.5, 0.6) is 11.5 Å². The lowest BCUT2D eigenvalue weighted by Crippen LogP contribution is -2.80. The van der Waals surface area contributed by atoms with E-state index in [9.17, 15) is 4.79 Å². The molecule has 2 aromatic rings. The summed E-state index contributed by atoms with van der Waals surface area (Å²) in [6.45, 7) is 8.43. The van der Waals surface area contributed by atoms with Gasteiger partial charge in [0.1, 0.15) is 0 Å². The lowest BCUT2D eigenvalue weighted by atomic mass is 9.45. The molecule has 4 atom stereocenters. The highest BCUT2D eigenvalue weighted by Crippen LogP contribution is 2.69. The zero-order valence-corrected chi connectivity index (χ0v) is 20.8. The summed E-state index contributed by atoms with van der Waals surface area (Å²) in [5.74, 6) is 1.66. The van der Waals surface area contributed by atoms with Crippen LogP contribution in [0.3, 0.4) is 0 Å². The molecule has 2 aromatic carbocycles. The molecule has 2 aliphatic heterocycles. The van der Waals surface area contributed by atoms with E-state index in [1.165, 1.54) is 16.7 Å². The molecule has 2 heterocycles. The van der Waals surface area contributed by atoms with Gasteiger partial charge in [-0.3, -0.25) is 9.69 Å². The number of methoxy groups -OCH3 is 1. The standard InChI is InChI=1S/C30H35NO4/c1-4-17-31-18-16-29-26-22-12-13-23(33-3)27(26)35-28(29,2)25(32)14-15-30(29,24(31)20-22)34-19-8-11-21-9-6-5-7-10-21/h4-7,9-10,12-13,24H,1,8,11,14-20H2,2-3H3/t24-,28?,29+,30-/m1/s1. The van der Waals surface area contributed by atoms with Crippen LogP contribution in [0.1, 0.15) is 49.3 Å². The van der Waals surface area contributed by atoms with Crippen molar-refractivity contribution in [3.63, 3.8) is 0 Å². The smallest absolute Gasteiger partial charge is 0.177 e. The number of ketones is 1. The van der Waals surface area contributed by atoms with Crippen LogP contribution in [0.4, 0.5) is 0 Å². The Bertz CT molecular complexity index is 1160. The third-order valence-corrected chi connectivity index (χ3v) is 9.30. The van der Waals surface area contributed by atoms with Crippen molar-refractivity contribution in [3.05, 3.63) is 71.8 Å². The second-order valence-corrected chi connectivity index (χ2v) is 10.7. The van der Waals surface area contributed by atoms with Gasteiger partial charge in [-0.05, 0) is 56.2 Å². The molecule has 2 bridgehead atoms. The largest absolute Gasteiger partial charge is 0.493 e. The van der Waals surface area contributed by atoms with Crippen LogP contribution in [0.25, 0.3) is 0 Å². The monoisotopic (exact) mass is 473 g/mol. The van der Waals surface area contributed by atoms with Gasteiger partial charge in [-0.1, -0.05) is 42.5 Å². The molecule has 2 fully saturated rings.